The predicted octanol–water partition coefficient (Wildman–Crippen LogP) is 3.92. The van der Waals surface area contributed by atoms with E-state index in [1.54, 1.807) is 6.07 Å². The number of carbonyl (C=O) groups is 1. The number of rotatable bonds is 6. The maximum atomic E-state index is 13.4. The second-order valence-electron chi connectivity index (χ2n) is 7.98. The summed E-state index contributed by atoms with van der Waals surface area (Å²) >= 11 is 6.10. The van der Waals surface area contributed by atoms with Gasteiger partial charge in [0, 0.05) is 50.9 Å². The molecule has 0 unspecified atom stereocenters. The summed E-state index contributed by atoms with van der Waals surface area (Å²) in [4.78, 5) is 17.3. The molecule has 2 aliphatic heterocycles. The Balaban J connectivity index is 1.49. The van der Waals surface area contributed by atoms with Gasteiger partial charge < -0.3 is 19.3 Å². The zero-order chi connectivity index (χ0) is 20.4. The minimum absolute atomic E-state index is 0.00417. The average molecular weight is 415 g/mol. The second-order valence-corrected chi connectivity index (χ2v) is 8.41. The van der Waals surface area contributed by atoms with E-state index in [4.69, 9.17) is 21.1 Å². The van der Waals surface area contributed by atoms with Crippen molar-refractivity contribution in [1.82, 2.24) is 4.90 Å². The van der Waals surface area contributed by atoms with E-state index in [0.717, 1.165) is 42.0 Å². The minimum Gasteiger partial charge on any atom is -0.480 e. The highest BCUT2D eigenvalue weighted by Gasteiger charge is 2.34. The quantitative estimate of drug-likeness (QED) is 0.718. The number of anilines is 1. The van der Waals surface area contributed by atoms with E-state index < -0.39 is 6.10 Å². The Bertz CT molecular complexity index is 863. The first kappa shape index (κ1) is 20.0. The van der Waals surface area contributed by atoms with Crippen LogP contribution in [-0.2, 0) is 22.5 Å². The van der Waals surface area contributed by atoms with Crippen LogP contribution in [0, 0.1) is 0 Å². The summed E-state index contributed by atoms with van der Waals surface area (Å²) in [5.41, 5.74) is 3.22. The van der Waals surface area contributed by atoms with Gasteiger partial charge >= 0.3 is 0 Å². The van der Waals surface area contributed by atoms with Gasteiger partial charge in [0.15, 0.2) is 6.10 Å². The van der Waals surface area contributed by atoms with Crippen molar-refractivity contribution in [3.8, 4) is 5.75 Å². The number of ether oxygens (including phenoxy) is 2. The molecule has 154 valence electrons. The summed E-state index contributed by atoms with van der Waals surface area (Å²) in [5.74, 6) is 0.754. The van der Waals surface area contributed by atoms with Crippen LogP contribution in [0.25, 0.3) is 0 Å². The molecule has 29 heavy (non-hydrogen) atoms. The Morgan fingerprint density at radius 2 is 1.97 bits per heavy atom. The smallest absolute Gasteiger partial charge is 0.264 e. The molecule has 1 amide bonds. The normalized spacial score (nSPS) is 20.2. The van der Waals surface area contributed by atoms with Crippen molar-refractivity contribution < 1.29 is 14.3 Å². The third kappa shape index (κ3) is 4.68. The van der Waals surface area contributed by atoms with E-state index in [0.29, 0.717) is 24.5 Å². The molecule has 0 aromatic heterocycles. The van der Waals surface area contributed by atoms with Crippen molar-refractivity contribution >= 4 is 23.2 Å². The topological polar surface area (TPSA) is 42.0 Å². The van der Waals surface area contributed by atoms with Crippen LogP contribution in [0.1, 0.15) is 24.0 Å². The van der Waals surface area contributed by atoms with Crippen LogP contribution in [0.2, 0.25) is 5.02 Å². The fraction of sp³-hybridized carbons (Fsp3) is 0.435. The molecule has 4 rings (SSSR count). The molecule has 0 spiro atoms. The zero-order valence-corrected chi connectivity index (χ0v) is 17.7. The molecule has 0 aliphatic carbocycles. The number of hydrogen-bond acceptors (Lipinski definition) is 4. The van der Waals surface area contributed by atoms with Gasteiger partial charge in [0.25, 0.3) is 5.91 Å². The molecule has 2 aliphatic rings. The van der Waals surface area contributed by atoms with Gasteiger partial charge in [0.2, 0.25) is 0 Å². The molecule has 0 bridgehead atoms. The van der Waals surface area contributed by atoms with E-state index in [9.17, 15) is 4.79 Å². The lowest BCUT2D eigenvalue weighted by molar-refractivity contribution is -0.140. The molecule has 5 nitrogen and oxygen atoms in total. The van der Waals surface area contributed by atoms with Crippen LogP contribution in [0.5, 0.6) is 5.75 Å². The molecule has 1 saturated heterocycles. The number of hydrogen-bond donors (Lipinski definition) is 0. The molecular weight excluding hydrogens is 388 g/mol. The first-order valence-corrected chi connectivity index (χ1v) is 10.5. The largest absolute Gasteiger partial charge is 0.480 e. The molecule has 2 aromatic rings. The van der Waals surface area contributed by atoms with Crippen LogP contribution in [0.15, 0.2) is 42.5 Å². The third-order valence-electron chi connectivity index (χ3n) is 5.56. The van der Waals surface area contributed by atoms with E-state index in [-0.39, 0.29) is 12.0 Å². The molecule has 0 N–H and O–H groups in total. The van der Waals surface area contributed by atoms with E-state index in [2.05, 4.69) is 29.2 Å². The standard InChI is InChI=1S/C23H27ClN2O3/c1-25(2)19-8-5-16(6-9-19)14-26(15-20-4-3-11-28-20)23(27)22-13-17-12-18(24)7-10-21(17)29-22/h5-10,12,20,22H,3-4,11,13-15H2,1-2H3/t20-,22-/m1/s1. The van der Waals surface area contributed by atoms with Gasteiger partial charge in [-0.05, 0) is 54.3 Å². The van der Waals surface area contributed by atoms with Crippen molar-refractivity contribution in [1.29, 1.82) is 0 Å². The summed E-state index contributed by atoms with van der Waals surface area (Å²) in [6.45, 7) is 1.91. The lowest BCUT2D eigenvalue weighted by Crippen LogP contribution is -2.44. The fourth-order valence-corrected chi connectivity index (χ4v) is 4.14. The van der Waals surface area contributed by atoms with Gasteiger partial charge in [0.05, 0.1) is 6.10 Å². The van der Waals surface area contributed by atoms with Gasteiger partial charge in [-0.2, -0.15) is 0 Å². The third-order valence-corrected chi connectivity index (χ3v) is 5.79. The Morgan fingerprint density at radius 1 is 1.17 bits per heavy atom. The number of nitrogens with zero attached hydrogens (tertiary/aromatic N) is 2. The van der Waals surface area contributed by atoms with E-state index in [1.807, 2.05) is 31.1 Å². The lowest BCUT2D eigenvalue weighted by Gasteiger charge is -2.28. The maximum Gasteiger partial charge on any atom is 0.264 e. The second kappa shape index (κ2) is 8.64. The Kier molecular flexibility index (Phi) is 5.97. The number of amides is 1. The van der Waals surface area contributed by atoms with Crippen LogP contribution < -0.4 is 9.64 Å². The molecule has 6 heteroatoms. The highest BCUT2D eigenvalue weighted by atomic mass is 35.5. The Morgan fingerprint density at radius 3 is 2.66 bits per heavy atom. The summed E-state index contributed by atoms with van der Waals surface area (Å²) in [6.07, 6.45) is 2.18. The van der Waals surface area contributed by atoms with Crippen LogP contribution in [-0.4, -0.2) is 50.3 Å². The first-order valence-electron chi connectivity index (χ1n) is 10.1. The monoisotopic (exact) mass is 414 g/mol. The molecule has 2 aromatic carbocycles. The highest BCUT2D eigenvalue weighted by molar-refractivity contribution is 6.30. The zero-order valence-electron chi connectivity index (χ0n) is 16.9. The maximum absolute atomic E-state index is 13.4. The van der Waals surface area contributed by atoms with Crippen molar-refractivity contribution in [2.45, 2.75) is 38.0 Å². The van der Waals surface area contributed by atoms with Crippen molar-refractivity contribution in [3.63, 3.8) is 0 Å². The number of halogens is 1. The van der Waals surface area contributed by atoms with Gasteiger partial charge in [0.1, 0.15) is 5.75 Å². The lowest BCUT2D eigenvalue weighted by atomic mass is 10.1. The average Bonchev–Trinajstić information content (AvgIpc) is 3.36. The van der Waals surface area contributed by atoms with Gasteiger partial charge in [-0.3, -0.25) is 4.79 Å². The minimum atomic E-state index is -0.508. The molecule has 1 fully saturated rings. The molecule has 2 atom stereocenters. The summed E-state index contributed by atoms with van der Waals surface area (Å²) in [6, 6.07) is 13.8. The van der Waals surface area contributed by atoms with E-state index in [1.165, 1.54) is 0 Å². The Hall–Kier alpha value is -2.24. The molecule has 2 heterocycles. The van der Waals surface area contributed by atoms with Crippen LogP contribution in [0.3, 0.4) is 0 Å². The molecule has 0 radical (unpaired) electrons. The van der Waals surface area contributed by atoms with Gasteiger partial charge in [-0.15, -0.1) is 0 Å². The van der Waals surface area contributed by atoms with Gasteiger partial charge in [-0.25, -0.2) is 0 Å². The molecule has 0 saturated carbocycles. The van der Waals surface area contributed by atoms with Crippen molar-refractivity contribution in [2.75, 3.05) is 32.1 Å². The summed E-state index contributed by atoms with van der Waals surface area (Å²) in [7, 11) is 4.03. The van der Waals surface area contributed by atoms with Crippen molar-refractivity contribution in [2.24, 2.45) is 0 Å². The summed E-state index contributed by atoms with van der Waals surface area (Å²) in [5, 5.41) is 0.664. The predicted molar refractivity (Wildman–Crippen MR) is 115 cm³/mol. The number of fused-ring (bicyclic) bond motifs is 1. The van der Waals surface area contributed by atoms with Crippen LogP contribution >= 0.6 is 11.6 Å². The molecular formula is C23H27ClN2O3. The summed E-state index contributed by atoms with van der Waals surface area (Å²) < 4.78 is 11.8. The van der Waals surface area contributed by atoms with Gasteiger partial charge in [-0.1, -0.05) is 23.7 Å². The highest BCUT2D eigenvalue weighted by Crippen LogP contribution is 2.32. The number of carbonyl (C=O) groups excluding carboxylic acids is 1. The number of benzene rings is 2. The van der Waals surface area contributed by atoms with Crippen LogP contribution in [0.4, 0.5) is 5.69 Å². The first-order chi connectivity index (χ1) is 14.0. The fourth-order valence-electron chi connectivity index (χ4n) is 3.94. The van der Waals surface area contributed by atoms with Crippen molar-refractivity contribution in [3.05, 3.63) is 58.6 Å². The SMILES string of the molecule is CN(C)c1ccc(CN(C[C@H]2CCCO2)C(=O)[C@H]2Cc3cc(Cl)ccc3O2)cc1. The Labute approximate surface area is 177 Å². The van der Waals surface area contributed by atoms with E-state index >= 15 is 0 Å².